The maximum atomic E-state index is 14.3. The van der Waals surface area contributed by atoms with Gasteiger partial charge in [0.1, 0.15) is 0 Å². The minimum absolute atomic E-state index is 0.112. The Morgan fingerprint density at radius 2 is 0.659 bits per heavy atom. The van der Waals surface area contributed by atoms with Gasteiger partial charge in [0.05, 0.1) is 56.6 Å². The summed E-state index contributed by atoms with van der Waals surface area (Å²) in [6, 6.07) is 64.5. The molecular formula is C81H65F3N4. The molecule has 0 spiro atoms. The van der Waals surface area contributed by atoms with Crippen LogP contribution in [0.5, 0.6) is 0 Å². The molecule has 0 radical (unpaired) electrons. The van der Waals surface area contributed by atoms with E-state index in [9.17, 15) is 23.7 Å². The number of fused-ring (bicyclic) bond motifs is 6. The summed E-state index contributed by atoms with van der Waals surface area (Å²) in [6.07, 6.45) is -4.65. The number of rotatable bonds is 8. The van der Waals surface area contributed by atoms with Crippen molar-refractivity contribution < 1.29 is 13.2 Å². The third-order valence-corrected chi connectivity index (χ3v) is 18.1. The van der Waals surface area contributed by atoms with Crippen LogP contribution in [-0.4, -0.2) is 9.13 Å². The lowest BCUT2D eigenvalue weighted by molar-refractivity contribution is -0.137. The van der Waals surface area contributed by atoms with Gasteiger partial charge in [-0.1, -0.05) is 107 Å². The van der Waals surface area contributed by atoms with Gasteiger partial charge in [-0.3, -0.25) is 0 Å². The van der Waals surface area contributed by atoms with Crippen LogP contribution in [-0.2, 0) is 6.18 Å². The molecule has 2 heterocycles. The van der Waals surface area contributed by atoms with E-state index in [1.807, 2.05) is 30.3 Å². The van der Waals surface area contributed by atoms with Gasteiger partial charge in [-0.15, -0.1) is 0 Å². The van der Waals surface area contributed by atoms with Crippen molar-refractivity contribution in [3.05, 3.63) is 259 Å². The molecule has 0 amide bonds. The van der Waals surface area contributed by atoms with Crippen molar-refractivity contribution in [1.82, 2.24) is 9.13 Å². The minimum Gasteiger partial charge on any atom is -0.309 e. The zero-order valence-electron chi connectivity index (χ0n) is 51.7. The van der Waals surface area contributed by atoms with Crippen molar-refractivity contribution >= 4 is 43.6 Å². The van der Waals surface area contributed by atoms with Crippen LogP contribution in [0.2, 0.25) is 0 Å². The summed E-state index contributed by atoms with van der Waals surface area (Å²) in [5.74, 6) is 0. The second-order valence-electron chi connectivity index (χ2n) is 24.6. The molecule has 2 aromatic heterocycles. The fourth-order valence-corrected chi connectivity index (χ4v) is 14.9. The standard InChI is InChI=1S/C81H65F3N4/c1-44-27-48(5)77(49(6)28-44)57-15-23-72-68(37-57)69-38-58(78-50(7)29-45(2)30-51(78)8)16-24-73(69)87(72)64-20-13-61(42-85)66(41-64)67-36-56(65-21-19-63(81(82,83)84)35-62(65)43-86)14-22-74(67)88-75-25-17-59(79-52(9)31-46(3)32-53(79)10)39-70(75)71-40-60(18-26-76(71)88)80-54(11)33-47(4)34-55(80)12/h13-41H,1-12H3. The third-order valence-electron chi connectivity index (χ3n) is 18.1. The molecule has 0 atom stereocenters. The number of alkyl halides is 3. The van der Waals surface area contributed by atoms with Gasteiger partial charge in [-0.05, 0) is 274 Å². The lowest BCUT2D eigenvalue weighted by Crippen LogP contribution is -2.05. The average molecular weight is 1150 g/mol. The van der Waals surface area contributed by atoms with Crippen molar-refractivity contribution in [3.8, 4) is 90.3 Å². The predicted octanol–water partition coefficient (Wildman–Crippen LogP) is 22.3. The first-order chi connectivity index (χ1) is 42.1. The van der Waals surface area contributed by atoms with Crippen LogP contribution in [0, 0.1) is 106 Å². The Balaban J connectivity index is 1.11. The maximum absolute atomic E-state index is 14.3. The Kier molecular flexibility index (Phi) is 13.8. The van der Waals surface area contributed by atoms with E-state index in [0.717, 1.165) is 89.4 Å². The second kappa shape index (κ2) is 21.3. The fourth-order valence-electron chi connectivity index (χ4n) is 14.9. The predicted molar refractivity (Wildman–Crippen MR) is 359 cm³/mol. The van der Waals surface area contributed by atoms with E-state index in [0.29, 0.717) is 27.8 Å². The third kappa shape index (κ3) is 9.54. The summed E-state index contributed by atoms with van der Waals surface area (Å²) >= 11 is 0. The van der Waals surface area contributed by atoms with E-state index in [1.54, 1.807) is 0 Å². The first-order valence-electron chi connectivity index (χ1n) is 29.9. The highest BCUT2D eigenvalue weighted by molar-refractivity contribution is 6.14. The Morgan fingerprint density at radius 1 is 0.307 bits per heavy atom. The molecule has 0 saturated heterocycles. The van der Waals surface area contributed by atoms with Crippen molar-refractivity contribution in [1.29, 1.82) is 10.5 Å². The van der Waals surface area contributed by atoms with Crippen LogP contribution in [0.1, 0.15) is 83.5 Å². The van der Waals surface area contributed by atoms with E-state index < -0.39 is 11.7 Å². The molecule has 430 valence electrons. The molecular weight excluding hydrogens is 1090 g/mol. The van der Waals surface area contributed by atoms with Crippen LogP contribution in [0.3, 0.4) is 0 Å². The zero-order chi connectivity index (χ0) is 61.9. The summed E-state index contributed by atoms with van der Waals surface area (Å²) < 4.78 is 47.5. The molecule has 0 fully saturated rings. The van der Waals surface area contributed by atoms with Gasteiger partial charge in [-0.2, -0.15) is 23.7 Å². The average Bonchev–Trinajstić information content (AvgIpc) is 1.62. The number of nitrogens with zero attached hydrogens (tertiary/aromatic N) is 4. The van der Waals surface area contributed by atoms with E-state index in [1.165, 1.54) is 95.1 Å². The summed E-state index contributed by atoms with van der Waals surface area (Å²) in [5, 5.41) is 26.2. The topological polar surface area (TPSA) is 57.4 Å². The monoisotopic (exact) mass is 1150 g/mol. The van der Waals surface area contributed by atoms with E-state index in [4.69, 9.17) is 0 Å². The fraction of sp³-hybridized carbons (Fsp3) is 0.160. The molecule has 0 bridgehead atoms. The SMILES string of the molecule is Cc1cc(C)c(-c2ccc3c(c2)c2cc(-c4c(C)cc(C)cc4C)ccc2n3-c2ccc(C#N)c(-c3cc(-c4ccc(C(F)(F)F)cc4C#N)ccc3-n3c4ccc(-c5c(C)cc(C)cc5C)cc4c4cc(-c5c(C)cc(C)cc5C)ccc43)c2)c(C)c1. The van der Waals surface area contributed by atoms with Crippen LogP contribution < -0.4 is 0 Å². The Labute approximate surface area is 512 Å². The molecule has 0 aliphatic heterocycles. The lowest BCUT2D eigenvalue weighted by atomic mass is 9.91. The highest BCUT2D eigenvalue weighted by Gasteiger charge is 2.32. The Morgan fingerprint density at radius 3 is 1.01 bits per heavy atom. The quantitative estimate of drug-likeness (QED) is 0.152. The summed E-state index contributed by atoms with van der Waals surface area (Å²) in [6.45, 7) is 25.9. The van der Waals surface area contributed by atoms with Gasteiger partial charge >= 0.3 is 6.18 Å². The second-order valence-corrected chi connectivity index (χ2v) is 24.6. The molecule has 0 aliphatic rings. The molecule has 0 aliphatic carbocycles. The van der Waals surface area contributed by atoms with Gasteiger partial charge < -0.3 is 9.13 Å². The van der Waals surface area contributed by atoms with Gasteiger partial charge in [0.15, 0.2) is 0 Å². The van der Waals surface area contributed by atoms with Crippen LogP contribution in [0.15, 0.2) is 176 Å². The smallest absolute Gasteiger partial charge is 0.309 e. The molecule has 11 aromatic carbocycles. The number of nitriles is 2. The van der Waals surface area contributed by atoms with Crippen molar-refractivity contribution in [2.45, 2.75) is 89.3 Å². The van der Waals surface area contributed by atoms with E-state index in [-0.39, 0.29) is 5.56 Å². The molecule has 13 aromatic rings. The number of hydrogen-bond acceptors (Lipinski definition) is 2. The first kappa shape index (κ1) is 56.9. The van der Waals surface area contributed by atoms with Crippen LogP contribution >= 0.6 is 0 Å². The molecule has 4 nitrogen and oxygen atoms in total. The molecule has 0 N–H and O–H groups in total. The van der Waals surface area contributed by atoms with Crippen LogP contribution in [0.25, 0.3) is 122 Å². The molecule has 88 heavy (non-hydrogen) atoms. The Bertz CT molecular complexity index is 4920. The summed E-state index contributed by atoms with van der Waals surface area (Å²) in [7, 11) is 0. The highest BCUT2D eigenvalue weighted by atomic mass is 19.4. The summed E-state index contributed by atoms with van der Waals surface area (Å²) in [5.41, 5.74) is 30.5. The Hall–Kier alpha value is -10.2. The molecule has 13 rings (SSSR count). The molecule has 0 saturated carbocycles. The van der Waals surface area contributed by atoms with Crippen molar-refractivity contribution in [2.24, 2.45) is 0 Å². The lowest BCUT2D eigenvalue weighted by Gasteiger charge is -2.19. The van der Waals surface area contributed by atoms with Crippen molar-refractivity contribution in [3.63, 3.8) is 0 Å². The number of halogens is 3. The van der Waals surface area contributed by atoms with Gasteiger partial charge in [0, 0.05) is 38.4 Å². The minimum atomic E-state index is -4.65. The van der Waals surface area contributed by atoms with E-state index >= 15 is 0 Å². The van der Waals surface area contributed by atoms with Gasteiger partial charge in [-0.25, -0.2) is 0 Å². The van der Waals surface area contributed by atoms with Gasteiger partial charge in [0.25, 0.3) is 0 Å². The first-order valence-corrected chi connectivity index (χ1v) is 29.9. The number of benzene rings is 11. The maximum Gasteiger partial charge on any atom is 0.416 e. The number of aryl methyl sites for hydroxylation is 12. The van der Waals surface area contributed by atoms with Gasteiger partial charge in [0.2, 0.25) is 0 Å². The van der Waals surface area contributed by atoms with Crippen molar-refractivity contribution in [2.75, 3.05) is 0 Å². The largest absolute Gasteiger partial charge is 0.416 e. The van der Waals surface area contributed by atoms with E-state index in [2.05, 4.69) is 232 Å². The molecule has 7 heteroatoms. The molecule has 0 unspecified atom stereocenters. The number of hydrogen-bond donors (Lipinski definition) is 0. The van der Waals surface area contributed by atoms with Crippen LogP contribution in [0.4, 0.5) is 13.2 Å². The highest BCUT2D eigenvalue weighted by Crippen LogP contribution is 2.46. The normalized spacial score (nSPS) is 11.8. The number of aromatic nitrogens is 2. The zero-order valence-corrected chi connectivity index (χ0v) is 51.7. The summed E-state index contributed by atoms with van der Waals surface area (Å²) in [4.78, 5) is 0.